The van der Waals surface area contributed by atoms with Gasteiger partial charge in [0.1, 0.15) is 10.6 Å². The molecule has 4 aromatic rings. The van der Waals surface area contributed by atoms with E-state index in [0.29, 0.717) is 10.6 Å². The van der Waals surface area contributed by atoms with Gasteiger partial charge in [0.25, 0.3) is 5.91 Å². The summed E-state index contributed by atoms with van der Waals surface area (Å²) in [4.78, 5) is 13.6. The SMILES string of the molecule is O=C(NC(c1ccccc1)c1ccccc1)c1snnc1-c1ccc(Br)cc1. The number of nitrogens with one attached hydrogen (secondary N) is 1. The van der Waals surface area contributed by atoms with E-state index in [1.807, 2.05) is 84.9 Å². The Labute approximate surface area is 175 Å². The van der Waals surface area contributed by atoms with Crippen LogP contribution < -0.4 is 5.32 Å². The van der Waals surface area contributed by atoms with Gasteiger partial charge in [0.05, 0.1) is 6.04 Å². The summed E-state index contributed by atoms with van der Waals surface area (Å²) in [6.07, 6.45) is 0. The average molecular weight is 450 g/mol. The van der Waals surface area contributed by atoms with Crippen LogP contribution in [0.1, 0.15) is 26.8 Å². The summed E-state index contributed by atoms with van der Waals surface area (Å²) in [5, 5.41) is 7.34. The predicted octanol–water partition coefficient (Wildman–Crippen LogP) is 5.49. The molecule has 0 spiro atoms. The van der Waals surface area contributed by atoms with Crippen molar-refractivity contribution in [2.45, 2.75) is 6.04 Å². The average Bonchev–Trinajstić information content (AvgIpc) is 3.24. The Kier molecular flexibility index (Phi) is 5.60. The molecule has 0 saturated heterocycles. The van der Waals surface area contributed by atoms with Gasteiger partial charge in [-0.15, -0.1) is 5.10 Å². The van der Waals surface area contributed by atoms with E-state index in [1.165, 1.54) is 0 Å². The zero-order valence-corrected chi connectivity index (χ0v) is 17.2. The fourth-order valence-corrected chi connectivity index (χ4v) is 3.84. The first-order valence-electron chi connectivity index (χ1n) is 8.71. The first kappa shape index (κ1) is 18.5. The van der Waals surface area contributed by atoms with Crippen LogP contribution in [0.2, 0.25) is 0 Å². The highest BCUT2D eigenvalue weighted by molar-refractivity contribution is 9.10. The smallest absolute Gasteiger partial charge is 0.266 e. The lowest BCUT2D eigenvalue weighted by Gasteiger charge is -2.19. The summed E-state index contributed by atoms with van der Waals surface area (Å²) in [7, 11) is 0. The zero-order chi connectivity index (χ0) is 19.3. The highest BCUT2D eigenvalue weighted by Crippen LogP contribution is 2.27. The van der Waals surface area contributed by atoms with Gasteiger partial charge in [-0.05, 0) is 34.8 Å². The molecule has 138 valence electrons. The van der Waals surface area contributed by atoms with Gasteiger partial charge in [-0.1, -0.05) is 93.2 Å². The minimum absolute atomic E-state index is 0.189. The van der Waals surface area contributed by atoms with Crippen molar-refractivity contribution in [3.05, 3.63) is 105 Å². The van der Waals surface area contributed by atoms with Crippen LogP contribution in [0.4, 0.5) is 0 Å². The maximum absolute atomic E-state index is 13.1. The van der Waals surface area contributed by atoms with Crippen LogP contribution in [0, 0.1) is 0 Å². The molecule has 1 amide bonds. The molecular weight excluding hydrogens is 434 g/mol. The number of carbonyl (C=O) groups excluding carboxylic acids is 1. The summed E-state index contributed by atoms with van der Waals surface area (Å²) < 4.78 is 4.98. The molecule has 4 nitrogen and oxygen atoms in total. The quantitative estimate of drug-likeness (QED) is 0.438. The van der Waals surface area contributed by atoms with Crippen LogP contribution in [0.25, 0.3) is 11.3 Å². The Balaban J connectivity index is 1.66. The van der Waals surface area contributed by atoms with Crippen LogP contribution in [-0.4, -0.2) is 15.5 Å². The molecular formula is C22H16BrN3OS. The molecule has 0 aliphatic heterocycles. The summed E-state index contributed by atoms with van der Waals surface area (Å²) >= 11 is 4.53. The molecule has 0 atom stereocenters. The Morgan fingerprint density at radius 2 is 1.43 bits per heavy atom. The van der Waals surface area contributed by atoms with Crippen molar-refractivity contribution < 1.29 is 4.79 Å². The van der Waals surface area contributed by atoms with Crippen LogP contribution in [-0.2, 0) is 0 Å². The topological polar surface area (TPSA) is 54.9 Å². The van der Waals surface area contributed by atoms with E-state index in [4.69, 9.17) is 0 Å². The Hall–Kier alpha value is -2.83. The van der Waals surface area contributed by atoms with Gasteiger partial charge >= 0.3 is 0 Å². The summed E-state index contributed by atoms with van der Waals surface area (Å²) in [5.74, 6) is -0.189. The minimum Gasteiger partial charge on any atom is -0.340 e. The maximum atomic E-state index is 13.1. The molecule has 0 bridgehead atoms. The maximum Gasteiger partial charge on any atom is 0.266 e. The standard InChI is InChI=1S/C22H16BrN3OS/c23-18-13-11-17(12-14-18)20-21(28-26-25-20)22(27)24-19(15-7-3-1-4-8-15)16-9-5-2-6-10-16/h1-14,19H,(H,24,27). The highest BCUT2D eigenvalue weighted by atomic mass is 79.9. The monoisotopic (exact) mass is 449 g/mol. The van der Waals surface area contributed by atoms with Gasteiger partial charge in [0.15, 0.2) is 0 Å². The number of hydrogen-bond acceptors (Lipinski definition) is 4. The molecule has 0 aliphatic carbocycles. The molecule has 3 aromatic carbocycles. The fourth-order valence-electron chi connectivity index (χ4n) is 2.98. The second kappa shape index (κ2) is 8.46. The zero-order valence-electron chi connectivity index (χ0n) is 14.7. The molecule has 0 unspecified atom stereocenters. The largest absolute Gasteiger partial charge is 0.340 e. The van der Waals surface area contributed by atoms with Crippen molar-refractivity contribution in [2.24, 2.45) is 0 Å². The second-order valence-electron chi connectivity index (χ2n) is 6.19. The normalized spacial score (nSPS) is 10.8. The van der Waals surface area contributed by atoms with E-state index < -0.39 is 0 Å². The number of rotatable bonds is 5. The molecule has 1 aromatic heterocycles. The molecule has 1 heterocycles. The van der Waals surface area contributed by atoms with E-state index in [2.05, 4.69) is 30.8 Å². The van der Waals surface area contributed by atoms with E-state index >= 15 is 0 Å². The van der Waals surface area contributed by atoms with Gasteiger partial charge in [-0.25, -0.2) is 0 Å². The Bertz CT molecular complexity index is 1030. The molecule has 1 N–H and O–H groups in total. The first-order valence-corrected chi connectivity index (χ1v) is 10.3. The van der Waals surface area contributed by atoms with E-state index in [-0.39, 0.29) is 11.9 Å². The van der Waals surface area contributed by atoms with Gasteiger partial charge < -0.3 is 5.32 Å². The molecule has 4 rings (SSSR count). The van der Waals surface area contributed by atoms with E-state index in [9.17, 15) is 4.79 Å². The van der Waals surface area contributed by atoms with Crippen molar-refractivity contribution >= 4 is 33.4 Å². The molecule has 28 heavy (non-hydrogen) atoms. The van der Waals surface area contributed by atoms with Crippen LogP contribution in [0.5, 0.6) is 0 Å². The minimum atomic E-state index is -0.255. The third kappa shape index (κ3) is 4.03. The molecule has 6 heteroatoms. The fraction of sp³-hybridized carbons (Fsp3) is 0.0455. The summed E-state index contributed by atoms with van der Waals surface area (Å²) in [6, 6.07) is 27.3. The number of amides is 1. The van der Waals surface area contributed by atoms with Crippen molar-refractivity contribution in [1.29, 1.82) is 0 Å². The van der Waals surface area contributed by atoms with Crippen LogP contribution in [0.3, 0.4) is 0 Å². The first-order chi connectivity index (χ1) is 13.7. The van der Waals surface area contributed by atoms with Crippen molar-refractivity contribution in [1.82, 2.24) is 14.9 Å². The number of nitrogens with zero attached hydrogens (tertiary/aromatic N) is 2. The Morgan fingerprint density at radius 1 is 0.857 bits per heavy atom. The van der Waals surface area contributed by atoms with Gasteiger partial charge in [0, 0.05) is 10.0 Å². The van der Waals surface area contributed by atoms with E-state index in [0.717, 1.165) is 32.7 Å². The lowest BCUT2D eigenvalue weighted by Crippen LogP contribution is -2.29. The molecule has 0 aliphatic rings. The number of hydrogen-bond donors (Lipinski definition) is 1. The van der Waals surface area contributed by atoms with Crippen molar-refractivity contribution in [3.63, 3.8) is 0 Å². The van der Waals surface area contributed by atoms with Crippen LogP contribution in [0.15, 0.2) is 89.4 Å². The van der Waals surface area contributed by atoms with Crippen LogP contribution >= 0.6 is 27.5 Å². The third-order valence-corrected chi connectivity index (χ3v) is 5.61. The summed E-state index contributed by atoms with van der Waals surface area (Å²) in [5.41, 5.74) is 3.49. The lowest BCUT2D eigenvalue weighted by molar-refractivity contribution is 0.0947. The van der Waals surface area contributed by atoms with Crippen molar-refractivity contribution in [3.8, 4) is 11.3 Å². The number of benzene rings is 3. The predicted molar refractivity (Wildman–Crippen MR) is 115 cm³/mol. The Morgan fingerprint density at radius 3 is 2.00 bits per heavy atom. The highest BCUT2D eigenvalue weighted by Gasteiger charge is 2.22. The number of aromatic nitrogens is 2. The van der Waals surface area contributed by atoms with Gasteiger partial charge in [0.2, 0.25) is 0 Å². The second-order valence-corrected chi connectivity index (χ2v) is 7.86. The van der Waals surface area contributed by atoms with Gasteiger partial charge in [-0.2, -0.15) is 0 Å². The summed E-state index contributed by atoms with van der Waals surface area (Å²) in [6.45, 7) is 0. The molecule has 0 radical (unpaired) electrons. The number of halogens is 1. The van der Waals surface area contributed by atoms with Crippen molar-refractivity contribution in [2.75, 3.05) is 0 Å². The van der Waals surface area contributed by atoms with Gasteiger partial charge in [-0.3, -0.25) is 4.79 Å². The lowest BCUT2D eigenvalue weighted by atomic mass is 9.98. The third-order valence-electron chi connectivity index (χ3n) is 4.35. The number of carbonyl (C=O) groups is 1. The van der Waals surface area contributed by atoms with E-state index in [1.54, 1.807) is 0 Å². The molecule has 0 fully saturated rings. The molecule has 0 saturated carbocycles.